The minimum atomic E-state index is -0.475. The zero-order valence-electron chi connectivity index (χ0n) is 10.7. The van der Waals surface area contributed by atoms with Gasteiger partial charge in [0, 0.05) is 6.61 Å². The molecule has 94 valence electrons. The normalized spacial score (nSPS) is 22.7. The molecule has 0 aliphatic carbocycles. The summed E-state index contributed by atoms with van der Waals surface area (Å²) in [5.74, 6) is 0.534. The number of aliphatic hydroxyl groups excluding tert-OH is 1. The van der Waals surface area contributed by atoms with Gasteiger partial charge in [-0.2, -0.15) is 0 Å². The van der Waals surface area contributed by atoms with E-state index in [2.05, 4.69) is 26.0 Å². The summed E-state index contributed by atoms with van der Waals surface area (Å²) in [6.45, 7) is 5.14. The third-order valence-corrected chi connectivity index (χ3v) is 3.51. The van der Waals surface area contributed by atoms with Crippen molar-refractivity contribution < 1.29 is 9.84 Å². The van der Waals surface area contributed by atoms with Gasteiger partial charge in [-0.05, 0) is 36.3 Å². The van der Waals surface area contributed by atoms with Crippen LogP contribution in [0.3, 0.4) is 0 Å². The highest BCUT2D eigenvalue weighted by atomic mass is 16.5. The van der Waals surface area contributed by atoms with Crippen LogP contribution in [0.1, 0.15) is 56.3 Å². The van der Waals surface area contributed by atoms with Crippen molar-refractivity contribution in [3.63, 3.8) is 0 Å². The molecule has 0 saturated carbocycles. The average molecular weight is 234 g/mol. The Morgan fingerprint density at radius 1 is 1.12 bits per heavy atom. The molecule has 1 heterocycles. The maximum absolute atomic E-state index is 10.2. The molecule has 1 fully saturated rings. The van der Waals surface area contributed by atoms with Crippen molar-refractivity contribution in [1.82, 2.24) is 0 Å². The smallest absolute Gasteiger partial charge is 0.105 e. The van der Waals surface area contributed by atoms with Gasteiger partial charge < -0.3 is 9.84 Å². The monoisotopic (exact) mass is 234 g/mol. The van der Waals surface area contributed by atoms with Crippen LogP contribution >= 0.6 is 0 Å². The van der Waals surface area contributed by atoms with E-state index in [0.717, 1.165) is 31.4 Å². The molecule has 0 spiro atoms. The summed E-state index contributed by atoms with van der Waals surface area (Å²) < 4.78 is 5.62. The fraction of sp³-hybridized carbons (Fsp3) is 0.600. The molecule has 1 aliphatic heterocycles. The van der Waals surface area contributed by atoms with Crippen LogP contribution in [0.5, 0.6) is 0 Å². The lowest BCUT2D eigenvalue weighted by Gasteiger charge is -2.27. The summed E-state index contributed by atoms with van der Waals surface area (Å²) in [6, 6.07) is 8.26. The number of aliphatic hydroxyl groups is 1. The Balaban J connectivity index is 2.05. The van der Waals surface area contributed by atoms with Gasteiger partial charge in [0.1, 0.15) is 6.10 Å². The van der Waals surface area contributed by atoms with Gasteiger partial charge in [0.05, 0.1) is 6.10 Å². The van der Waals surface area contributed by atoms with Crippen molar-refractivity contribution in [3.8, 4) is 0 Å². The van der Waals surface area contributed by atoms with Crippen molar-refractivity contribution in [3.05, 3.63) is 35.4 Å². The largest absolute Gasteiger partial charge is 0.386 e. The van der Waals surface area contributed by atoms with E-state index in [4.69, 9.17) is 4.74 Å². The SMILES string of the molecule is CC(C)c1ccc(C(O)C2CCCCO2)cc1. The van der Waals surface area contributed by atoms with Gasteiger partial charge in [-0.25, -0.2) is 0 Å². The Morgan fingerprint density at radius 2 is 1.76 bits per heavy atom. The Morgan fingerprint density at radius 3 is 2.29 bits per heavy atom. The highest BCUT2D eigenvalue weighted by Gasteiger charge is 2.23. The van der Waals surface area contributed by atoms with E-state index in [9.17, 15) is 5.11 Å². The lowest BCUT2D eigenvalue weighted by Crippen LogP contribution is -2.26. The van der Waals surface area contributed by atoms with Crippen LogP contribution in [-0.4, -0.2) is 17.8 Å². The molecular weight excluding hydrogens is 212 g/mol. The van der Waals surface area contributed by atoms with Crippen molar-refractivity contribution in [2.24, 2.45) is 0 Å². The zero-order chi connectivity index (χ0) is 12.3. The van der Waals surface area contributed by atoms with Crippen molar-refractivity contribution in [1.29, 1.82) is 0 Å². The summed E-state index contributed by atoms with van der Waals surface area (Å²) in [5.41, 5.74) is 2.28. The van der Waals surface area contributed by atoms with Gasteiger partial charge in [-0.15, -0.1) is 0 Å². The summed E-state index contributed by atoms with van der Waals surface area (Å²) in [6.07, 6.45) is 2.75. The van der Waals surface area contributed by atoms with Gasteiger partial charge >= 0.3 is 0 Å². The molecule has 0 radical (unpaired) electrons. The maximum Gasteiger partial charge on any atom is 0.105 e. The Labute approximate surface area is 104 Å². The molecule has 0 bridgehead atoms. The van der Waals surface area contributed by atoms with Crippen molar-refractivity contribution >= 4 is 0 Å². The molecule has 1 aromatic rings. The predicted octanol–water partition coefficient (Wildman–Crippen LogP) is 3.41. The van der Waals surface area contributed by atoms with E-state index in [-0.39, 0.29) is 6.10 Å². The van der Waals surface area contributed by atoms with E-state index in [1.165, 1.54) is 5.56 Å². The summed E-state index contributed by atoms with van der Waals surface area (Å²) in [5, 5.41) is 10.2. The van der Waals surface area contributed by atoms with E-state index >= 15 is 0 Å². The molecule has 0 aromatic heterocycles. The molecule has 1 aromatic carbocycles. The second-order valence-corrected chi connectivity index (χ2v) is 5.17. The third-order valence-electron chi connectivity index (χ3n) is 3.51. The number of hydrogen-bond acceptors (Lipinski definition) is 2. The molecular formula is C15H22O2. The number of hydrogen-bond donors (Lipinski definition) is 1. The summed E-state index contributed by atoms with van der Waals surface area (Å²) in [7, 11) is 0. The minimum Gasteiger partial charge on any atom is -0.386 e. The standard InChI is InChI=1S/C15H22O2/c1-11(2)12-6-8-13(9-7-12)15(16)14-5-3-4-10-17-14/h6-9,11,14-16H,3-5,10H2,1-2H3. The van der Waals surface area contributed by atoms with Crippen LogP contribution in [0.25, 0.3) is 0 Å². The lowest BCUT2D eigenvalue weighted by molar-refractivity contribution is -0.0633. The topological polar surface area (TPSA) is 29.5 Å². The quantitative estimate of drug-likeness (QED) is 0.868. The highest BCUT2D eigenvalue weighted by Crippen LogP contribution is 2.27. The summed E-state index contributed by atoms with van der Waals surface area (Å²) in [4.78, 5) is 0. The second kappa shape index (κ2) is 5.65. The maximum atomic E-state index is 10.2. The highest BCUT2D eigenvalue weighted by molar-refractivity contribution is 5.26. The molecule has 2 atom stereocenters. The summed E-state index contributed by atoms with van der Waals surface area (Å²) >= 11 is 0. The van der Waals surface area contributed by atoms with E-state index in [1.54, 1.807) is 0 Å². The molecule has 1 N–H and O–H groups in total. The van der Waals surface area contributed by atoms with Gasteiger partial charge in [0.25, 0.3) is 0 Å². The number of ether oxygens (including phenoxy) is 1. The minimum absolute atomic E-state index is 0.0198. The van der Waals surface area contributed by atoms with Crippen molar-refractivity contribution in [2.75, 3.05) is 6.61 Å². The van der Waals surface area contributed by atoms with Crippen LogP contribution in [0, 0.1) is 0 Å². The fourth-order valence-electron chi connectivity index (χ4n) is 2.31. The van der Waals surface area contributed by atoms with Crippen LogP contribution in [0.2, 0.25) is 0 Å². The fourth-order valence-corrected chi connectivity index (χ4v) is 2.31. The first-order valence-corrected chi connectivity index (χ1v) is 6.58. The van der Waals surface area contributed by atoms with Gasteiger partial charge in [0.2, 0.25) is 0 Å². The van der Waals surface area contributed by atoms with Crippen LogP contribution in [0.4, 0.5) is 0 Å². The third kappa shape index (κ3) is 3.08. The molecule has 2 unspecified atom stereocenters. The van der Waals surface area contributed by atoms with Gasteiger partial charge in [-0.3, -0.25) is 0 Å². The first-order valence-electron chi connectivity index (χ1n) is 6.58. The Kier molecular flexibility index (Phi) is 4.19. The lowest BCUT2D eigenvalue weighted by atomic mass is 9.95. The number of benzene rings is 1. The number of rotatable bonds is 3. The van der Waals surface area contributed by atoms with Gasteiger partial charge in [-0.1, -0.05) is 38.1 Å². The molecule has 2 nitrogen and oxygen atoms in total. The average Bonchev–Trinajstić information content (AvgIpc) is 2.39. The van der Waals surface area contributed by atoms with Crippen LogP contribution in [0.15, 0.2) is 24.3 Å². The predicted molar refractivity (Wildman–Crippen MR) is 69.1 cm³/mol. The van der Waals surface area contributed by atoms with E-state index in [1.807, 2.05) is 12.1 Å². The van der Waals surface area contributed by atoms with Crippen LogP contribution in [-0.2, 0) is 4.74 Å². The Bertz CT molecular complexity index is 336. The molecule has 2 heteroatoms. The molecule has 0 amide bonds. The molecule has 1 aliphatic rings. The molecule has 17 heavy (non-hydrogen) atoms. The second-order valence-electron chi connectivity index (χ2n) is 5.17. The molecule has 2 rings (SSSR count). The van der Waals surface area contributed by atoms with Crippen molar-refractivity contribution in [2.45, 2.75) is 51.2 Å². The Hall–Kier alpha value is -0.860. The van der Waals surface area contributed by atoms with Gasteiger partial charge in [0.15, 0.2) is 0 Å². The first-order chi connectivity index (χ1) is 8.18. The zero-order valence-corrected chi connectivity index (χ0v) is 10.7. The van der Waals surface area contributed by atoms with E-state index < -0.39 is 6.10 Å². The van der Waals surface area contributed by atoms with Crippen LogP contribution < -0.4 is 0 Å². The van der Waals surface area contributed by atoms with E-state index in [0.29, 0.717) is 5.92 Å². The first kappa shape index (κ1) is 12.6. The molecule has 1 saturated heterocycles.